The van der Waals surface area contributed by atoms with Crippen LogP contribution in [0.2, 0.25) is 0 Å². The fourth-order valence-electron chi connectivity index (χ4n) is 5.24. The number of carbonyl (C=O) groups excluding carboxylic acids is 2. The first-order valence-corrected chi connectivity index (χ1v) is 10.8. The lowest BCUT2D eigenvalue weighted by atomic mass is 9.68. The molecule has 1 amide bonds. The molecule has 3 aliphatic rings. The van der Waals surface area contributed by atoms with Crippen molar-refractivity contribution >= 4 is 11.7 Å². The molecule has 0 spiro atoms. The smallest absolute Gasteiger partial charge is 0.227 e. The predicted octanol–water partition coefficient (Wildman–Crippen LogP) is 3.58. The second-order valence-corrected chi connectivity index (χ2v) is 8.15. The molecule has 2 aromatic carbocycles. The molecule has 3 heterocycles. The molecule has 3 saturated heterocycles. The van der Waals surface area contributed by atoms with E-state index in [1.807, 2.05) is 55.1 Å². The molecule has 29 heavy (non-hydrogen) atoms. The van der Waals surface area contributed by atoms with Gasteiger partial charge in [0, 0.05) is 31.5 Å². The monoisotopic (exact) mass is 390 g/mol. The van der Waals surface area contributed by atoms with Gasteiger partial charge in [-0.3, -0.25) is 14.5 Å². The highest BCUT2D eigenvalue weighted by Gasteiger charge is 2.52. The lowest BCUT2D eigenvalue weighted by Gasteiger charge is -2.51. The lowest BCUT2D eigenvalue weighted by molar-refractivity contribution is -0.154. The van der Waals surface area contributed by atoms with Crippen molar-refractivity contribution in [3.05, 3.63) is 71.8 Å². The summed E-state index contributed by atoms with van der Waals surface area (Å²) in [6.45, 7) is 6.99. The number of amides is 1. The van der Waals surface area contributed by atoms with E-state index in [0.717, 1.165) is 24.1 Å². The van der Waals surface area contributed by atoms with Crippen molar-refractivity contribution in [1.82, 2.24) is 9.80 Å². The summed E-state index contributed by atoms with van der Waals surface area (Å²) in [5, 5.41) is 0. The molecule has 0 aliphatic carbocycles. The van der Waals surface area contributed by atoms with Crippen molar-refractivity contribution in [3.8, 4) is 0 Å². The van der Waals surface area contributed by atoms with E-state index in [1.54, 1.807) is 0 Å². The van der Waals surface area contributed by atoms with Crippen LogP contribution < -0.4 is 0 Å². The molecule has 0 N–H and O–H groups in total. The van der Waals surface area contributed by atoms with E-state index in [-0.39, 0.29) is 35.5 Å². The van der Waals surface area contributed by atoms with E-state index in [0.29, 0.717) is 19.6 Å². The molecule has 2 aromatic rings. The van der Waals surface area contributed by atoms with Gasteiger partial charge < -0.3 is 4.90 Å². The Morgan fingerprint density at radius 2 is 1.55 bits per heavy atom. The van der Waals surface area contributed by atoms with E-state index in [1.165, 1.54) is 0 Å². The topological polar surface area (TPSA) is 40.6 Å². The third-order valence-corrected chi connectivity index (χ3v) is 6.72. The zero-order valence-corrected chi connectivity index (χ0v) is 17.3. The van der Waals surface area contributed by atoms with Gasteiger partial charge in [0.05, 0.1) is 12.0 Å². The molecule has 152 valence electrons. The minimum atomic E-state index is -0.195. The summed E-state index contributed by atoms with van der Waals surface area (Å²) in [6, 6.07) is 20.5. The molecule has 0 radical (unpaired) electrons. The van der Waals surface area contributed by atoms with Gasteiger partial charge in [0.1, 0.15) is 0 Å². The molecule has 0 aromatic heterocycles. The molecule has 0 saturated carbocycles. The van der Waals surface area contributed by atoms with Gasteiger partial charge >= 0.3 is 0 Å². The number of rotatable bonds is 6. The maximum Gasteiger partial charge on any atom is 0.227 e. The van der Waals surface area contributed by atoms with Crippen molar-refractivity contribution in [3.63, 3.8) is 0 Å². The van der Waals surface area contributed by atoms with Crippen LogP contribution in [-0.4, -0.2) is 53.7 Å². The van der Waals surface area contributed by atoms with E-state index >= 15 is 0 Å². The number of hydrogen-bond acceptors (Lipinski definition) is 3. The summed E-state index contributed by atoms with van der Waals surface area (Å²) >= 11 is 0. The molecule has 3 aliphatic heterocycles. The Kier molecular flexibility index (Phi) is 5.81. The summed E-state index contributed by atoms with van der Waals surface area (Å²) in [5.74, 6) is 0.0306. The second kappa shape index (κ2) is 8.50. The number of Topliss-reactive ketones (excluding diaryl/α,β-unsaturated/α-hetero) is 1. The van der Waals surface area contributed by atoms with Crippen LogP contribution in [0.4, 0.5) is 0 Å². The molecule has 4 heteroatoms. The summed E-state index contributed by atoms with van der Waals surface area (Å²) in [7, 11) is 0. The van der Waals surface area contributed by atoms with Gasteiger partial charge in [0.25, 0.3) is 0 Å². The van der Waals surface area contributed by atoms with E-state index < -0.39 is 0 Å². The van der Waals surface area contributed by atoms with Gasteiger partial charge in [0.2, 0.25) is 5.91 Å². The molecule has 5 rings (SSSR count). The van der Waals surface area contributed by atoms with Crippen LogP contribution in [0.3, 0.4) is 0 Å². The van der Waals surface area contributed by atoms with Crippen LogP contribution in [0.5, 0.6) is 0 Å². The molecule has 4 atom stereocenters. The molecular formula is C25H30N2O2. The van der Waals surface area contributed by atoms with Crippen LogP contribution in [0.25, 0.3) is 0 Å². The SMILES string of the molecule is CCN(CC)C(=O)[C@H]1CN2CC[C@H]1C(=O)[C@@H]2C(c1ccccc1)c1ccccc1. The zero-order valence-electron chi connectivity index (χ0n) is 17.3. The highest BCUT2D eigenvalue weighted by Crippen LogP contribution is 2.42. The van der Waals surface area contributed by atoms with Gasteiger partial charge in [-0.15, -0.1) is 0 Å². The highest BCUT2D eigenvalue weighted by molar-refractivity contribution is 5.95. The van der Waals surface area contributed by atoms with Crippen molar-refractivity contribution in [2.75, 3.05) is 26.2 Å². The van der Waals surface area contributed by atoms with Crippen LogP contribution in [0, 0.1) is 11.8 Å². The van der Waals surface area contributed by atoms with Gasteiger partial charge in [-0.2, -0.15) is 0 Å². The number of piperidine rings is 3. The van der Waals surface area contributed by atoms with Gasteiger partial charge in [-0.05, 0) is 37.9 Å². The first kappa shape index (κ1) is 19.8. The number of ketones is 1. The number of hydrogen-bond donors (Lipinski definition) is 0. The molecule has 2 bridgehead atoms. The summed E-state index contributed by atoms with van der Waals surface area (Å²) < 4.78 is 0. The number of fused-ring (bicyclic) bond motifs is 3. The van der Waals surface area contributed by atoms with Crippen molar-refractivity contribution in [1.29, 1.82) is 0 Å². The molecule has 4 nitrogen and oxygen atoms in total. The minimum absolute atomic E-state index is 0.00259. The van der Waals surface area contributed by atoms with Crippen molar-refractivity contribution in [2.24, 2.45) is 11.8 Å². The number of carbonyl (C=O) groups is 2. The van der Waals surface area contributed by atoms with Crippen LogP contribution >= 0.6 is 0 Å². The van der Waals surface area contributed by atoms with Gasteiger partial charge in [-0.1, -0.05) is 60.7 Å². The first-order chi connectivity index (χ1) is 14.2. The average Bonchev–Trinajstić information content (AvgIpc) is 2.78. The van der Waals surface area contributed by atoms with Gasteiger partial charge in [0.15, 0.2) is 5.78 Å². The number of benzene rings is 2. The van der Waals surface area contributed by atoms with Crippen LogP contribution in [-0.2, 0) is 9.59 Å². The summed E-state index contributed by atoms with van der Waals surface area (Å²) in [5.41, 5.74) is 2.33. The van der Waals surface area contributed by atoms with Crippen LogP contribution in [0.15, 0.2) is 60.7 Å². The van der Waals surface area contributed by atoms with Crippen LogP contribution in [0.1, 0.15) is 37.3 Å². The second-order valence-electron chi connectivity index (χ2n) is 8.15. The summed E-state index contributed by atoms with van der Waals surface area (Å²) in [6.07, 6.45) is 0.795. The maximum absolute atomic E-state index is 13.7. The first-order valence-electron chi connectivity index (χ1n) is 10.8. The fourth-order valence-corrected chi connectivity index (χ4v) is 5.24. The Bertz CT molecular complexity index is 808. The quantitative estimate of drug-likeness (QED) is 0.757. The Morgan fingerprint density at radius 3 is 2.03 bits per heavy atom. The minimum Gasteiger partial charge on any atom is -0.343 e. The Balaban J connectivity index is 1.68. The molecular weight excluding hydrogens is 360 g/mol. The molecule has 1 unspecified atom stereocenters. The van der Waals surface area contributed by atoms with E-state index in [4.69, 9.17) is 0 Å². The molecule has 3 fully saturated rings. The zero-order chi connectivity index (χ0) is 20.4. The Labute approximate surface area is 173 Å². The Morgan fingerprint density at radius 1 is 1.00 bits per heavy atom. The largest absolute Gasteiger partial charge is 0.343 e. The predicted molar refractivity (Wildman–Crippen MR) is 115 cm³/mol. The van der Waals surface area contributed by atoms with Gasteiger partial charge in [-0.25, -0.2) is 0 Å². The standard InChI is InChI=1S/C25H30N2O2/c1-3-26(4-2)25(29)21-17-27-16-15-20(21)24(28)23(27)22(18-11-7-5-8-12-18)19-13-9-6-10-14-19/h5-14,20-23H,3-4,15-17H2,1-2H3/t20-,21+,23+/m1/s1. The third kappa shape index (κ3) is 3.62. The highest BCUT2D eigenvalue weighted by atomic mass is 16.2. The average molecular weight is 391 g/mol. The lowest BCUT2D eigenvalue weighted by Crippen LogP contribution is -2.64. The number of nitrogens with zero attached hydrogens (tertiary/aromatic N) is 2. The normalized spacial score (nSPS) is 26.0. The van der Waals surface area contributed by atoms with Crippen molar-refractivity contribution in [2.45, 2.75) is 32.2 Å². The third-order valence-electron chi connectivity index (χ3n) is 6.72. The Hall–Kier alpha value is -2.46. The van der Waals surface area contributed by atoms with Crippen molar-refractivity contribution < 1.29 is 9.59 Å². The van der Waals surface area contributed by atoms with E-state index in [2.05, 4.69) is 29.2 Å². The fraction of sp³-hybridized carbons (Fsp3) is 0.440. The van der Waals surface area contributed by atoms with E-state index in [9.17, 15) is 9.59 Å². The summed E-state index contributed by atoms with van der Waals surface area (Å²) in [4.78, 5) is 30.9. The maximum atomic E-state index is 13.7.